The number of aromatic amines is 1. The summed E-state index contributed by atoms with van der Waals surface area (Å²) in [6, 6.07) is 18.3. The lowest BCUT2D eigenvalue weighted by atomic mass is 10.0. The van der Waals surface area contributed by atoms with E-state index in [1.807, 2.05) is 43.3 Å². The molecule has 6 rings (SSSR count). The molecule has 5 aromatic rings. The molecule has 41 heavy (non-hydrogen) atoms. The minimum Gasteiger partial charge on any atom is -0.461 e. The molecule has 9 heteroatoms. The van der Waals surface area contributed by atoms with Gasteiger partial charge in [0.1, 0.15) is 6.61 Å². The van der Waals surface area contributed by atoms with Crippen LogP contribution >= 0.6 is 0 Å². The summed E-state index contributed by atoms with van der Waals surface area (Å²) in [4.78, 5) is 36.8. The van der Waals surface area contributed by atoms with Gasteiger partial charge in [0.15, 0.2) is 0 Å². The SMILES string of the molecule is Cc1cccc(-c2[nH]cnc2-c2ccc3ncc(-c4cc(C(=O)OCCN5CC(C)NC(C)C5)ccn4)cc3c2)n1. The molecule has 208 valence electrons. The van der Waals surface area contributed by atoms with Crippen LogP contribution in [0.5, 0.6) is 0 Å². The third-order valence-electron chi connectivity index (χ3n) is 7.30. The molecule has 4 aromatic heterocycles. The Morgan fingerprint density at radius 1 is 0.976 bits per heavy atom. The molecule has 0 bridgehead atoms. The standard InChI is InChI=1S/C32H33N7O2/c1-20-5-4-6-28(38-20)31-30(35-19-36-31)23-7-8-27-25(13-23)14-26(16-34-27)29-15-24(9-10-33-29)32(40)41-12-11-39-17-21(2)37-22(3)18-39/h4-10,13-16,19,21-22,37H,11-12,17-18H2,1-3H3,(H,35,36). The molecule has 0 aliphatic carbocycles. The van der Waals surface area contributed by atoms with Gasteiger partial charge in [-0.1, -0.05) is 12.1 Å². The van der Waals surface area contributed by atoms with Crippen molar-refractivity contribution < 1.29 is 9.53 Å². The number of ether oxygens (including phenoxy) is 1. The number of piperazine rings is 1. The molecule has 5 heterocycles. The summed E-state index contributed by atoms with van der Waals surface area (Å²) in [7, 11) is 0. The van der Waals surface area contributed by atoms with E-state index in [-0.39, 0.29) is 5.97 Å². The Kier molecular flexibility index (Phi) is 7.54. The Hall–Kier alpha value is -4.47. The second-order valence-corrected chi connectivity index (χ2v) is 10.7. The topological polar surface area (TPSA) is 109 Å². The smallest absolute Gasteiger partial charge is 0.338 e. The average Bonchev–Trinajstić information content (AvgIpc) is 3.46. The Balaban J connectivity index is 1.20. The lowest BCUT2D eigenvalue weighted by Crippen LogP contribution is -2.54. The molecule has 1 aromatic carbocycles. The summed E-state index contributed by atoms with van der Waals surface area (Å²) in [5.41, 5.74) is 7.23. The molecule has 0 amide bonds. The number of pyridine rings is 3. The van der Waals surface area contributed by atoms with Crippen LogP contribution in [0.25, 0.3) is 44.8 Å². The summed E-state index contributed by atoms with van der Waals surface area (Å²) in [6.07, 6.45) is 5.10. The van der Waals surface area contributed by atoms with Crippen molar-refractivity contribution in [2.75, 3.05) is 26.2 Å². The van der Waals surface area contributed by atoms with Crippen LogP contribution in [0.1, 0.15) is 29.9 Å². The first-order valence-electron chi connectivity index (χ1n) is 13.9. The van der Waals surface area contributed by atoms with Gasteiger partial charge in [-0.25, -0.2) is 9.78 Å². The maximum absolute atomic E-state index is 12.8. The molecule has 0 saturated carbocycles. The van der Waals surface area contributed by atoms with Crippen molar-refractivity contribution in [1.29, 1.82) is 0 Å². The van der Waals surface area contributed by atoms with Crippen LogP contribution in [-0.4, -0.2) is 74.1 Å². The van der Waals surface area contributed by atoms with E-state index in [1.165, 1.54) is 0 Å². The fraction of sp³-hybridized carbons (Fsp3) is 0.281. The summed E-state index contributed by atoms with van der Waals surface area (Å²) < 4.78 is 5.62. The predicted octanol–water partition coefficient (Wildman–Crippen LogP) is 4.90. The minimum atomic E-state index is -0.350. The highest BCUT2D eigenvalue weighted by Gasteiger charge is 2.21. The number of aryl methyl sites for hydroxylation is 1. The molecular weight excluding hydrogens is 514 g/mol. The van der Waals surface area contributed by atoms with Crippen molar-refractivity contribution in [3.05, 3.63) is 84.6 Å². The zero-order valence-electron chi connectivity index (χ0n) is 23.5. The number of carbonyl (C=O) groups is 1. The molecular formula is C32H33N7O2. The maximum Gasteiger partial charge on any atom is 0.338 e. The molecule has 1 aliphatic rings. The van der Waals surface area contributed by atoms with Crippen molar-refractivity contribution in [2.24, 2.45) is 0 Å². The zero-order chi connectivity index (χ0) is 28.3. The van der Waals surface area contributed by atoms with Gasteiger partial charge in [0.25, 0.3) is 0 Å². The molecule has 1 aliphatic heterocycles. The van der Waals surface area contributed by atoms with Gasteiger partial charge in [-0.05, 0) is 63.2 Å². The molecule has 2 atom stereocenters. The average molecular weight is 548 g/mol. The fourth-order valence-corrected chi connectivity index (χ4v) is 5.50. The van der Waals surface area contributed by atoms with Crippen LogP contribution in [0.3, 0.4) is 0 Å². The first-order valence-corrected chi connectivity index (χ1v) is 13.9. The number of H-pyrrole nitrogens is 1. The third-order valence-corrected chi connectivity index (χ3v) is 7.30. The monoisotopic (exact) mass is 547 g/mol. The fourth-order valence-electron chi connectivity index (χ4n) is 5.50. The first kappa shape index (κ1) is 26.7. The van der Waals surface area contributed by atoms with Gasteiger partial charge in [-0.3, -0.25) is 19.9 Å². The number of aromatic nitrogens is 5. The lowest BCUT2D eigenvalue weighted by Gasteiger charge is -2.35. The van der Waals surface area contributed by atoms with Crippen molar-refractivity contribution in [1.82, 2.24) is 35.1 Å². The van der Waals surface area contributed by atoms with E-state index in [9.17, 15) is 4.79 Å². The van der Waals surface area contributed by atoms with Gasteiger partial charge in [0, 0.05) is 66.3 Å². The first-order chi connectivity index (χ1) is 19.9. The largest absolute Gasteiger partial charge is 0.461 e. The summed E-state index contributed by atoms with van der Waals surface area (Å²) in [6.45, 7) is 9.28. The highest BCUT2D eigenvalue weighted by Crippen LogP contribution is 2.31. The summed E-state index contributed by atoms with van der Waals surface area (Å²) in [5, 5.41) is 4.46. The van der Waals surface area contributed by atoms with Gasteiger partial charge in [-0.15, -0.1) is 0 Å². The zero-order valence-corrected chi connectivity index (χ0v) is 23.5. The number of carbonyl (C=O) groups excluding carboxylic acids is 1. The number of hydrogen-bond acceptors (Lipinski definition) is 8. The molecule has 0 spiro atoms. The normalized spacial score (nSPS) is 17.5. The molecule has 0 radical (unpaired) electrons. The van der Waals surface area contributed by atoms with E-state index in [2.05, 4.69) is 55.1 Å². The van der Waals surface area contributed by atoms with Crippen LogP contribution in [0.15, 0.2) is 73.3 Å². The van der Waals surface area contributed by atoms with Crippen LogP contribution in [0, 0.1) is 6.92 Å². The Bertz CT molecular complexity index is 1690. The lowest BCUT2D eigenvalue weighted by molar-refractivity contribution is 0.0436. The number of benzene rings is 1. The Labute approximate surface area is 239 Å². The van der Waals surface area contributed by atoms with Crippen molar-refractivity contribution in [3.63, 3.8) is 0 Å². The van der Waals surface area contributed by atoms with Crippen LogP contribution in [-0.2, 0) is 4.74 Å². The highest BCUT2D eigenvalue weighted by molar-refractivity contribution is 5.92. The molecule has 2 N–H and O–H groups in total. The van der Waals surface area contributed by atoms with E-state index in [1.54, 1.807) is 30.9 Å². The van der Waals surface area contributed by atoms with Crippen LogP contribution < -0.4 is 5.32 Å². The Morgan fingerprint density at radius 3 is 2.63 bits per heavy atom. The predicted molar refractivity (Wildman–Crippen MR) is 159 cm³/mol. The number of esters is 1. The second kappa shape index (κ2) is 11.6. The van der Waals surface area contributed by atoms with E-state index in [4.69, 9.17) is 4.74 Å². The van der Waals surface area contributed by atoms with E-state index in [0.717, 1.165) is 57.9 Å². The number of nitrogens with zero attached hydrogens (tertiary/aromatic N) is 5. The highest BCUT2D eigenvalue weighted by atomic mass is 16.5. The number of rotatable bonds is 7. The molecule has 1 saturated heterocycles. The van der Waals surface area contributed by atoms with Gasteiger partial charge < -0.3 is 15.0 Å². The molecule has 2 unspecified atom stereocenters. The van der Waals surface area contributed by atoms with E-state index >= 15 is 0 Å². The van der Waals surface area contributed by atoms with Gasteiger partial charge in [-0.2, -0.15) is 0 Å². The Morgan fingerprint density at radius 2 is 1.80 bits per heavy atom. The van der Waals surface area contributed by atoms with Crippen LogP contribution in [0.4, 0.5) is 0 Å². The minimum absolute atomic E-state index is 0.350. The van der Waals surface area contributed by atoms with Crippen LogP contribution in [0.2, 0.25) is 0 Å². The van der Waals surface area contributed by atoms with Crippen molar-refractivity contribution >= 4 is 16.9 Å². The van der Waals surface area contributed by atoms with Gasteiger partial charge in [0.05, 0.1) is 40.2 Å². The van der Waals surface area contributed by atoms with Gasteiger partial charge >= 0.3 is 5.97 Å². The molecule has 9 nitrogen and oxygen atoms in total. The summed E-state index contributed by atoms with van der Waals surface area (Å²) in [5.74, 6) is -0.350. The summed E-state index contributed by atoms with van der Waals surface area (Å²) >= 11 is 0. The number of fused-ring (bicyclic) bond motifs is 1. The number of nitrogens with one attached hydrogen (secondary N) is 2. The number of hydrogen-bond donors (Lipinski definition) is 2. The van der Waals surface area contributed by atoms with Crippen molar-refractivity contribution in [2.45, 2.75) is 32.9 Å². The van der Waals surface area contributed by atoms with Crippen molar-refractivity contribution in [3.8, 4) is 33.9 Å². The van der Waals surface area contributed by atoms with Gasteiger partial charge in [0.2, 0.25) is 0 Å². The van der Waals surface area contributed by atoms with E-state index < -0.39 is 0 Å². The quantitative estimate of drug-likeness (QED) is 0.277. The molecule has 1 fully saturated rings. The third kappa shape index (κ3) is 6.01. The number of imidazole rings is 1. The maximum atomic E-state index is 12.8. The second-order valence-electron chi connectivity index (χ2n) is 10.7. The van der Waals surface area contributed by atoms with E-state index in [0.29, 0.717) is 36.5 Å².